The van der Waals surface area contributed by atoms with E-state index in [-0.39, 0.29) is 5.91 Å². The number of carboxylic acids is 1. The van der Waals surface area contributed by atoms with Gasteiger partial charge in [0.25, 0.3) is 0 Å². The standard InChI is InChI=1S/C9H11N3O3S/c1-9(2)4(5(9)7(14)15)6(13)11-8-12-10-3-16-8/h3-5H,1-2H3,(H,14,15)(H,11,12,13)/t4-,5+/m1/s1. The fraction of sp³-hybridized carbons (Fsp3) is 0.556. The molecule has 7 heteroatoms. The van der Waals surface area contributed by atoms with Crippen LogP contribution in [0, 0.1) is 17.3 Å². The number of nitrogens with one attached hydrogen (secondary N) is 1. The quantitative estimate of drug-likeness (QED) is 0.817. The number of anilines is 1. The molecule has 1 aliphatic carbocycles. The van der Waals surface area contributed by atoms with Crippen molar-refractivity contribution < 1.29 is 14.7 Å². The monoisotopic (exact) mass is 241 g/mol. The van der Waals surface area contributed by atoms with Crippen LogP contribution in [0.15, 0.2) is 5.51 Å². The van der Waals surface area contributed by atoms with E-state index in [0.29, 0.717) is 5.13 Å². The number of aliphatic carboxylic acids is 1. The molecule has 0 spiro atoms. The minimum atomic E-state index is -0.928. The molecule has 0 aromatic carbocycles. The molecular formula is C9H11N3O3S. The molecule has 1 heterocycles. The van der Waals surface area contributed by atoms with Crippen LogP contribution in [0.5, 0.6) is 0 Å². The second-order valence-electron chi connectivity index (χ2n) is 4.35. The Hall–Kier alpha value is -1.50. The van der Waals surface area contributed by atoms with Crippen LogP contribution in [0.25, 0.3) is 0 Å². The summed E-state index contributed by atoms with van der Waals surface area (Å²) in [7, 11) is 0. The van der Waals surface area contributed by atoms with Crippen LogP contribution in [-0.4, -0.2) is 27.2 Å². The summed E-state index contributed by atoms with van der Waals surface area (Å²) in [5.74, 6) is -2.33. The first-order valence-corrected chi connectivity index (χ1v) is 5.62. The molecule has 2 N–H and O–H groups in total. The van der Waals surface area contributed by atoms with Gasteiger partial charge in [-0.3, -0.25) is 9.59 Å². The molecule has 86 valence electrons. The van der Waals surface area contributed by atoms with E-state index in [0.717, 1.165) is 0 Å². The Morgan fingerprint density at radius 2 is 2.19 bits per heavy atom. The topological polar surface area (TPSA) is 92.2 Å². The number of rotatable bonds is 3. The first kappa shape index (κ1) is 11.0. The van der Waals surface area contributed by atoms with Gasteiger partial charge in [0.1, 0.15) is 5.51 Å². The molecule has 2 rings (SSSR count). The lowest BCUT2D eigenvalue weighted by Gasteiger charge is -2.01. The van der Waals surface area contributed by atoms with Crippen LogP contribution >= 0.6 is 11.3 Å². The first-order valence-electron chi connectivity index (χ1n) is 4.74. The Morgan fingerprint density at radius 3 is 2.62 bits per heavy atom. The van der Waals surface area contributed by atoms with Gasteiger partial charge in [0.2, 0.25) is 11.0 Å². The van der Waals surface area contributed by atoms with Crippen molar-refractivity contribution in [2.24, 2.45) is 17.3 Å². The van der Waals surface area contributed by atoms with Gasteiger partial charge in [-0.1, -0.05) is 25.2 Å². The Kier molecular flexibility index (Phi) is 2.42. The lowest BCUT2D eigenvalue weighted by atomic mass is 10.1. The minimum absolute atomic E-state index is 0.297. The van der Waals surface area contributed by atoms with Gasteiger partial charge in [0, 0.05) is 0 Å². The molecular weight excluding hydrogens is 230 g/mol. The van der Waals surface area contributed by atoms with Crippen molar-refractivity contribution in [2.75, 3.05) is 5.32 Å². The molecule has 0 unspecified atom stereocenters. The molecule has 1 aliphatic rings. The maximum atomic E-state index is 11.8. The molecule has 1 aromatic rings. The minimum Gasteiger partial charge on any atom is -0.481 e. The Balaban J connectivity index is 2.05. The van der Waals surface area contributed by atoms with Crippen molar-refractivity contribution in [3.8, 4) is 0 Å². The number of aromatic nitrogens is 2. The highest BCUT2D eigenvalue weighted by Crippen LogP contribution is 2.58. The third kappa shape index (κ3) is 1.67. The lowest BCUT2D eigenvalue weighted by molar-refractivity contribution is -0.140. The predicted octanol–water partition coefficient (Wildman–Crippen LogP) is 0.833. The van der Waals surface area contributed by atoms with Crippen LogP contribution in [0.1, 0.15) is 13.8 Å². The molecule has 16 heavy (non-hydrogen) atoms. The molecule has 0 aliphatic heterocycles. The van der Waals surface area contributed by atoms with E-state index >= 15 is 0 Å². The average molecular weight is 241 g/mol. The fourth-order valence-electron chi connectivity index (χ4n) is 2.00. The van der Waals surface area contributed by atoms with Crippen molar-refractivity contribution >= 4 is 28.3 Å². The molecule has 1 aromatic heterocycles. The zero-order valence-corrected chi connectivity index (χ0v) is 9.61. The highest BCUT2D eigenvalue weighted by molar-refractivity contribution is 7.13. The number of carboxylic acid groups (broad SMARTS) is 1. The SMILES string of the molecule is CC1(C)[C@H](C(=O)O)[C@@H]1C(=O)Nc1nncs1. The molecule has 0 bridgehead atoms. The van der Waals surface area contributed by atoms with E-state index in [9.17, 15) is 9.59 Å². The summed E-state index contributed by atoms with van der Waals surface area (Å²) in [6.07, 6.45) is 0. The highest BCUT2D eigenvalue weighted by atomic mass is 32.1. The third-order valence-electron chi connectivity index (χ3n) is 2.97. The number of nitrogens with zero attached hydrogens (tertiary/aromatic N) is 2. The van der Waals surface area contributed by atoms with Gasteiger partial charge in [-0.25, -0.2) is 0 Å². The second kappa shape index (κ2) is 3.51. The van der Waals surface area contributed by atoms with E-state index in [1.54, 1.807) is 13.8 Å². The van der Waals surface area contributed by atoms with Gasteiger partial charge >= 0.3 is 5.97 Å². The van der Waals surface area contributed by atoms with Gasteiger partial charge in [-0.2, -0.15) is 0 Å². The number of hydrogen-bond acceptors (Lipinski definition) is 5. The molecule has 1 fully saturated rings. The van der Waals surface area contributed by atoms with E-state index in [2.05, 4.69) is 15.5 Å². The van der Waals surface area contributed by atoms with E-state index in [1.807, 2.05) is 0 Å². The first-order chi connectivity index (χ1) is 7.44. The maximum Gasteiger partial charge on any atom is 0.307 e. The van der Waals surface area contributed by atoms with Gasteiger partial charge in [0.05, 0.1) is 11.8 Å². The highest BCUT2D eigenvalue weighted by Gasteiger charge is 2.65. The average Bonchev–Trinajstić information content (AvgIpc) is 2.58. The zero-order valence-electron chi connectivity index (χ0n) is 8.80. The largest absolute Gasteiger partial charge is 0.481 e. The van der Waals surface area contributed by atoms with Gasteiger partial charge in [0.15, 0.2) is 0 Å². The molecule has 0 saturated heterocycles. The second-order valence-corrected chi connectivity index (χ2v) is 5.18. The van der Waals surface area contributed by atoms with Crippen molar-refractivity contribution in [3.63, 3.8) is 0 Å². The van der Waals surface area contributed by atoms with Crippen LogP contribution < -0.4 is 5.32 Å². The third-order valence-corrected chi connectivity index (χ3v) is 3.57. The molecule has 2 atom stereocenters. The predicted molar refractivity (Wildman–Crippen MR) is 56.9 cm³/mol. The number of carbonyl (C=O) groups excluding carboxylic acids is 1. The lowest BCUT2D eigenvalue weighted by Crippen LogP contribution is -2.17. The van der Waals surface area contributed by atoms with E-state index in [4.69, 9.17) is 5.11 Å². The van der Waals surface area contributed by atoms with Gasteiger partial charge in [-0.05, 0) is 5.41 Å². The van der Waals surface area contributed by atoms with Crippen LogP contribution in [-0.2, 0) is 9.59 Å². The zero-order chi connectivity index (χ0) is 11.9. The van der Waals surface area contributed by atoms with Gasteiger partial charge < -0.3 is 10.4 Å². The molecule has 0 radical (unpaired) electrons. The van der Waals surface area contributed by atoms with Crippen molar-refractivity contribution in [1.82, 2.24) is 10.2 Å². The van der Waals surface area contributed by atoms with E-state index < -0.39 is 23.2 Å². The van der Waals surface area contributed by atoms with Crippen molar-refractivity contribution in [2.45, 2.75) is 13.8 Å². The fourth-order valence-corrected chi connectivity index (χ4v) is 2.45. The summed E-state index contributed by atoms with van der Waals surface area (Å²) in [6, 6.07) is 0. The van der Waals surface area contributed by atoms with Crippen LogP contribution in [0.4, 0.5) is 5.13 Å². The van der Waals surface area contributed by atoms with Gasteiger partial charge in [-0.15, -0.1) is 10.2 Å². The summed E-state index contributed by atoms with van der Waals surface area (Å²) < 4.78 is 0. The summed E-state index contributed by atoms with van der Waals surface area (Å²) in [5.41, 5.74) is 1.02. The normalized spacial score (nSPS) is 26.1. The summed E-state index contributed by atoms with van der Waals surface area (Å²) in [5, 5.41) is 19.2. The van der Waals surface area contributed by atoms with Crippen LogP contribution in [0.2, 0.25) is 0 Å². The summed E-state index contributed by atoms with van der Waals surface area (Å²) >= 11 is 1.20. The molecule has 6 nitrogen and oxygen atoms in total. The number of amides is 1. The maximum absolute atomic E-state index is 11.8. The van der Waals surface area contributed by atoms with Crippen molar-refractivity contribution in [1.29, 1.82) is 0 Å². The smallest absolute Gasteiger partial charge is 0.307 e. The summed E-state index contributed by atoms with van der Waals surface area (Å²) in [4.78, 5) is 22.7. The number of carbonyl (C=O) groups is 2. The van der Waals surface area contributed by atoms with Crippen molar-refractivity contribution in [3.05, 3.63) is 5.51 Å². The Morgan fingerprint density at radius 1 is 1.50 bits per heavy atom. The molecule has 1 amide bonds. The summed E-state index contributed by atoms with van der Waals surface area (Å²) in [6.45, 7) is 3.55. The molecule has 1 saturated carbocycles. The van der Waals surface area contributed by atoms with Crippen LogP contribution in [0.3, 0.4) is 0 Å². The van der Waals surface area contributed by atoms with E-state index in [1.165, 1.54) is 16.8 Å². The Labute approximate surface area is 95.7 Å². The Bertz CT molecular complexity index is 429. The number of hydrogen-bond donors (Lipinski definition) is 2.